The van der Waals surface area contributed by atoms with E-state index in [1.807, 2.05) is 43.3 Å². The van der Waals surface area contributed by atoms with Gasteiger partial charge in [0.05, 0.1) is 5.60 Å². The van der Waals surface area contributed by atoms with Crippen molar-refractivity contribution >= 4 is 11.6 Å². The summed E-state index contributed by atoms with van der Waals surface area (Å²) in [4.78, 5) is 13.5. The number of ether oxygens (including phenoxy) is 1. The van der Waals surface area contributed by atoms with Gasteiger partial charge in [0.2, 0.25) is 5.91 Å². The summed E-state index contributed by atoms with van der Waals surface area (Å²) in [7, 11) is 0. The number of amides is 1. The Kier molecular flexibility index (Phi) is 6.93. The fraction of sp³-hybridized carbons (Fsp3) is 0.458. The first-order valence-corrected chi connectivity index (χ1v) is 10.3. The highest BCUT2D eigenvalue weighted by atomic mass is 16.5. The van der Waals surface area contributed by atoms with Crippen molar-refractivity contribution in [2.75, 3.05) is 25.0 Å². The van der Waals surface area contributed by atoms with Gasteiger partial charge in [-0.15, -0.1) is 0 Å². The summed E-state index contributed by atoms with van der Waals surface area (Å²) in [6, 6.07) is 14.1. The number of aryl methyl sites for hydroxylation is 2. The summed E-state index contributed by atoms with van der Waals surface area (Å²) in [5.74, 6) is 0.789. The molecule has 2 aromatic rings. The average Bonchev–Trinajstić information content (AvgIpc) is 2.84. The molecule has 29 heavy (non-hydrogen) atoms. The Morgan fingerprint density at radius 3 is 2.59 bits per heavy atom. The van der Waals surface area contributed by atoms with E-state index in [9.17, 15) is 9.90 Å². The molecule has 3 rings (SSSR count). The van der Waals surface area contributed by atoms with Crippen LogP contribution in [0.3, 0.4) is 0 Å². The molecular formula is C24H32N2O3. The number of carbonyl (C=O) groups excluding carboxylic acids is 1. The standard InChI is InChI=1S/C24H32N2O3/c1-18-5-10-23(19(2)15-18)29-17-24(28)11-4-13-26(14-12-24)16-21-6-8-22(9-7-21)25-20(3)27/h5-10,15,28H,4,11-14,16-17H2,1-3H3,(H,25,27). The SMILES string of the molecule is CC(=O)Nc1ccc(CN2CCCC(O)(COc3ccc(C)cc3C)CC2)cc1. The molecular weight excluding hydrogens is 364 g/mol. The molecule has 1 atom stereocenters. The van der Waals surface area contributed by atoms with Crippen LogP contribution in [0.2, 0.25) is 0 Å². The van der Waals surface area contributed by atoms with Gasteiger partial charge in [-0.3, -0.25) is 9.69 Å². The summed E-state index contributed by atoms with van der Waals surface area (Å²) in [5, 5.41) is 13.9. The number of aliphatic hydroxyl groups is 1. The van der Waals surface area contributed by atoms with Crippen LogP contribution in [-0.4, -0.2) is 41.2 Å². The lowest BCUT2D eigenvalue weighted by atomic mass is 9.96. The maximum atomic E-state index is 11.1. The molecule has 0 aromatic heterocycles. The van der Waals surface area contributed by atoms with Gasteiger partial charge in [0, 0.05) is 25.7 Å². The van der Waals surface area contributed by atoms with Gasteiger partial charge in [0.1, 0.15) is 12.4 Å². The molecule has 1 saturated heterocycles. The van der Waals surface area contributed by atoms with Gasteiger partial charge in [0.15, 0.2) is 0 Å². The van der Waals surface area contributed by atoms with Crippen LogP contribution in [0.1, 0.15) is 42.9 Å². The Hall–Kier alpha value is -2.37. The topological polar surface area (TPSA) is 61.8 Å². The molecule has 156 valence electrons. The Labute approximate surface area is 173 Å². The second-order valence-electron chi connectivity index (χ2n) is 8.29. The van der Waals surface area contributed by atoms with Gasteiger partial charge in [-0.1, -0.05) is 29.8 Å². The smallest absolute Gasteiger partial charge is 0.221 e. The highest BCUT2D eigenvalue weighted by Crippen LogP contribution is 2.26. The van der Waals surface area contributed by atoms with E-state index in [2.05, 4.69) is 23.2 Å². The molecule has 1 aliphatic rings. The maximum Gasteiger partial charge on any atom is 0.221 e. The van der Waals surface area contributed by atoms with E-state index in [4.69, 9.17) is 4.74 Å². The number of nitrogens with zero attached hydrogens (tertiary/aromatic N) is 1. The Bertz CT molecular complexity index is 835. The molecule has 5 heteroatoms. The second kappa shape index (κ2) is 9.42. The van der Waals surface area contributed by atoms with Crippen molar-refractivity contribution in [3.8, 4) is 5.75 Å². The van der Waals surface area contributed by atoms with Crippen LogP contribution >= 0.6 is 0 Å². The molecule has 5 nitrogen and oxygen atoms in total. The molecule has 0 bridgehead atoms. The van der Waals surface area contributed by atoms with Gasteiger partial charge >= 0.3 is 0 Å². The summed E-state index contributed by atoms with van der Waals surface area (Å²) in [6.45, 7) is 8.58. The third-order valence-corrected chi connectivity index (χ3v) is 5.52. The Balaban J connectivity index is 1.53. The molecule has 0 aliphatic carbocycles. The van der Waals surface area contributed by atoms with Crippen molar-refractivity contribution < 1.29 is 14.6 Å². The third kappa shape index (κ3) is 6.31. The lowest BCUT2D eigenvalue weighted by molar-refractivity contribution is -0.114. The fourth-order valence-corrected chi connectivity index (χ4v) is 3.87. The minimum absolute atomic E-state index is 0.0624. The van der Waals surface area contributed by atoms with Crippen molar-refractivity contribution in [2.45, 2.75) is 52.2 Å². The van der Waals surface area contributed by atoms with Gasteiger partial charge in [-0.25, -0.2) is 0 Å². The number of likely N-dealkylation sites (tertiary alicyclic amines) is 1. The van der Waals surface area contributed by atoms with Crippen LogP contribution < -0.4 is 10.1 Å². The number of carbonyl (C=O) groups is 1. The van der Waals surface area contributed by atoms with Crippen molar-refractivity contribution in [2.24, 2.45) is 0 Å². The average molecular weight is 397 g/mol. The summed E-state index contributed by atoms with van der Waals surface area (Å²) >= 11 is 0. The van der Waals surface area contributed by atoms with Crippen LogP contribution in [0.25, 0.3) is 0 Å². The van der Waals surface area contributed by atoms with E-state index in [1.165, 1.54) is 18.1 Å². The highest BCUT2D eigenvalue weighted by Gasteiger charge is 2.31. The minimum Gasteiger partial charge on any atom is -0.490 e. The normalized spacial score (nSPS) is 20.1. The fourth-order valence-electron chi connectivity index (χ4n) is 3.87. The maximum absolute atomic E-state index is 11.1. The predicted molar refractivity (Wildman–Crippen MR) is 116 cm³/mol. The highest BCUT2D eigenvalue weighted by molar-refractivity contribution is 5.88. The van der Waals surface area contributed by atoms with E-state index in [1.54, 1.807) is 0 Å². The quantitative estimate of drug-likeness (QED) is 0.773. The van der Waals surface area contributed by atoms with Gasteiger partial charge in [0.25, 0.3) is 0 Å². The van der Waals surface area contributed by atoms with Crippen LogP contribution in [0.4, 0.5) is 5.69 Å². The van der Waals surface area contributed by atoms with E-state index in [0.29, 0.717) is 13.0 Å². The molecule has 2 N–H and O–H groups in total. The lowest BCUT2D eigenvalue weighted by Crippen LogP contribution is -2.37. The number of anilines is 1. The van der Waals surface area contributed by atoms with E-state index < -0.39 is 5.60 Å². The minimum atomic E-state index is -0.790. The van der Waals surface area contributed by atoms with Crippen molar-refractivity contribution in [3.63, 3.8) is 0 Å². The molecule has 2 aromatic carbocycles. The zero-order chi connectivity index (χ0) is 20.9. The summed E-state index contributed by atoms with van der Waals surface area (Å²) in [6.07, 6.45) is 2.38. The zero-order valence-corrected chi connectivity index (χ0v) is 17.7. The summed E-state index contributed by atoms with van der Waals surface area (Å²) in [5.41, 5.74) is 3.54. The van der Waals surface area contributed by atoms with Crippen LogP contribution in [0.5, 0.6) is 5.75 Å². The van der Waals surface area contributed by atoms with Gasteiger partial charge < -0.3 is 15.2 Å². The third-order valence-electron chi connectivity index (χ3n) is 5.52. The first-order valence-electron chi connectivity index (χ1n) is 10.3. The molecule has 1 heterocycles. The molecule has 0 radical (unpaired) electrons. The van der Waals surface area contributed by atoms with E-state index in [0.717, 1.165) is 49.5 Å². The molecule has 0 saturated carbocycles. The number of nitrogens with one attached hydrogen (secondary N) is 1. The first kappa shape index (κ1) is 21.3. The molecule has 1 fully saturated rings. The number of hydrogen-bond donors (Lipinski definition) is 2. The van der Waals surface area contributed by atoms with Crippen molar-refractivity contribution in [3.05, 3.63) is 59.2 Å². The molecule has 1 unspecified atom stereocenters. The first-order chi connectivity index (χ1) is 13.8. The van der Waals surface area contributed by atoms with E-state index >= 15 is 0 Å². The van der Waals surface area contributed by atoms with Crippen molar-refractivity contribution in [1.29, 1.82) is 0 Å². The number of benzene rings is 2. The monoisotopic (exact) mass is 396 g/mol. The van der Waals surface area contributed by atoms with Gasteiger partial charge in [-0.2, -0.15) is 0 Å². The Morgan fingerprint density at radius 1 is 1.14 bits per heavy atom. The largest absolute Gasteiger partial charge is 0.490 e. The predicted octanol–water partition coefficient (Wildman–Crippen LogP) is 4.06. The van der Waals surface area contributed by atoms with Crippen molar-refractivity contribution in [1.82, 2.24) is 4.90 Å². The number of hydrogen-bond acceptors (Lipinski definition) is 4. The summed E-state index contributed by atoms with van der Waals surface area (Å²) < 4.78 is 5.99. The lowest BCUT2D eigenvalue weighted by Gasteiger charge is -2.27. The van der Waals surface area contributed by atoms with Gasteiger partial charge in [-0.05, 0) is 69.0 Å². The number of rotatable bonds is 6. The van der Waals surface area contributed by atoms with E-state index in [-0.39, 0.29) is 5.91 Å². The molecule has 1 amide bonds. The van der Waals surface area contributed by atoms with Crippen LogP contribution in [-0.2, 0) is 11.3 Å². The zero-order valence-electron chi connectivity index (χ0n) is 17.7. The molecule has 1 aliphatic heterocycles. The Morgan fingerprint density at radius 2 is 1.90 bits per heavy atom. The van der Waals surface area contributed by atoms with Crippen LogP contribution in [0, 0.1) is 13.8 Å². The molecule has 0 spiro atoms. The second-order valence-corrected chi connectivity index (χ2v) is 8.29. The van der Waals surface area contributed by atoms with Crippen LogP contribution in [0.15, 0.2) is 42.5 Å².